The molecule has 1 aliphatic heterocycles. The molecular weight excluding hydrogens is 273 g/mol. The molecule has 20 heavy (non-hydrogen) atoms. The van der Waals surface area contributed by atoms with Gasteiger partial charge in [-0.2, -0.15) is 8.78 Å². The zero-order valence-electron chi connectivity index (χ0n) is 10.6. The highest BCUT2D eigenvalue weighted by molar-refractivity contribution is 5.86. The average Bonchev–Trinajstić information content (AvgIpc) is 2.70. The second-order valence-corrected chi connectivity index (χ2v) is 4.77. The van der Waals surface area contributed by atoms with E-state index in [1.807, 2.05) is 0 Å². The van der Waals surface area contributed by atoms with Crippen LogP contribution in [0, 0.1) is 5.82 Å². The summed E-state index contributed by atoms with van der Waals surface area (Å²) in [4.78, 5) is 22.7. The molecule has 4 nitrogen and oxygen atoms in total. The van der Waals surface area contributed by atoms with Crippen molar-refractivity contribution in [3.8, 4) is 0 Å². The van der Waals surface area contributed by atoms with E-state index in [-0.39, 0.29) is 12.3 Å². The molecule has 1 heterocycles. The fourth-order valence-electron chi connectivity index (χ4n) is 2.07. The molecule has 0 aromatic heterocycles. The van der Waals surface area contributed by atoms with E-state index in [9.17, 15) is 22.8 Å². The highest BCUT2D eigenvalue weighted by Crippen LogP contribution is 2.25. The normalized spacial score (nSPS) is 22.5. The minimum absolute atomic E-state index is 0.0934. The van der Waals surface area contributed by atoms with Crippen molar-refractivity contribution in [3.63, 3.8) is 0 Å². The minimum atomic E-state index is -3.51. The molecule has 0 radical (unpaired) electrons. The maximum atomic E-state index is 12.9. The van der Waals surface area contributed by atoms with Crippen LogP contribution in [0.5, 0.6) is 0 Å². The molecule has 108 valence electrons. The molecule has 1 fully saturated rings. The van der Waals surface area contributed by atoms with Crippen LogP contribution in [0.1, 0.15) is 24.9 Å². The number of hydrogen-bond acceptors (Lipinski definition) is 2. The molecule has 0 bridgehead atoms. The van der Waals surface area contributed by atoms with Gasteiger partial charge in [0.05, 0.1) is 12.1 Å². The van der Waals surface area contributed by atoms with Gasteiger partial charge >= 0.3 is 5.92 Å². The van der Waals surface area contributed by atoms with E-state index >= 15 is 0 Å². The summed E-state index contributed by atoms with van der Waals surface area (Å²) in [6, 6.07) is 3.85. The molecule has 1 aromatic rings. The Kier molecular flexibility index (Phi) is 3.69. The van der Waals surface area contributed by atoms with Crippen LogP contribution < -0.4 is 10.6 Å². The molecule has 0 aliphatic carbocycles. The van der Waals surface area contributed by atoms with Gasteiger partial charge in [0.15, 0.2) is 0 Å². The zero-order valence-corrected chi connectivity index (χ0v) is 10.6. The second kappa shape index (κ2) is 5.15. The highest BCUT2D eigenvalue weighted by atomic mass is 19.3. The molecule has 7 heteroatoms. The topological polar surface area (TPSA) is 58.2 Å². The van der Waals surface area contributed by atoms with Crippen molar-refractivity contribution in [1.29, 1.82) is 0 Å². The van der Waals surface area contributed by atoms with Gasteiger partial charge in [-0.1, -0.05) is 12.1 Å². The highest BCUT2D eigenvalue weighted by Gasteiger charge is 2.39. The molecule has 2 atom stereocenters. The first-order valence-corrected chi connectivity index (χ1v) is 6.01. The molecule has 2 rings (SSSR count). The lowest BCUT2D eigenvalue weighted by molar-refractivity contribution is -0.143. The lowest BCUT2D eigenvalue weighted by atomic mass is 10.0. The third kappa shape index (κ3) is 3.09. The lowest BCUT2D eigenvalue weighted by Gasteiger charge is -2.22. The quantitative estimate of drug-likeness (QED) is 0.885. The summed E-state index contributed by atoms with van der Waals surface area (Å²) in [6.45, 7) is 0.486. The first-order chi connectivity index (χ1) is 9.27. The van der Waals surface area contributed by atoms with E-state index in [1.54, 1.807) is 0 Å². The van der Waals surface area contributed by atoms with Crippen molar-refractivity contribution >= 4 is 11.8 Å². The number of nitrogens with one attached hydrogen (secondary N) is 2. The molecule has 2 amide bonds. The summed E-state index contributed by atoms with van der Waals surface area (Å²) >= 11 is 0. The van der Waals surface area contributed by atoms with Gasteiger partial charge in [0.2, 0.25) is 5.91 Å². The van der Waals surface area contributed by atoms with Gasteiger partial charge in [0.25, 0.3) is 5.91 Å². The molecular formula is C13H13F3N2O2. The molecule has 1 aliphatic rings. The van der Waals surface area contributed by atoms with Gasteiger partial charge in [0.1, 0.15) is 5.82 Å². The van der Waals surface area contributed by atoms with Crippen LogP contribution >= 0.6 is 0 Å². The number of benzene rings is 1. The first kappa shape index (κ1) is 14.4. The number of halogens is 3. The molecule has 0 unspecified atom stereocenters. The predicted molar refractivity (Wildman–Crippen MR) is 64.5 cm³/mol. The Morgan fingerprint density at radius 1 is 1.35 bits per heavy atom. The Bertz CT molecular complexity index is 525. The monoisotopic (exact) mass is 286 g/mol. The zero-order chi connectivity index (χ0) is 14.9. The maximum absolute atomic E-state index is 12.9. The number of alkyl halides is 2. The third-order valence-corrected chi connectivity index (χ3v) is 3.07. The predicted octanol–water partition coefficient (Wildman–Crippen LogP) is 1.53. The van der Waals surface area contributed by atoms with E-state index in [4.69, 9.17) is 0 Å². The Hall–Kier alpha value is -2.05. The summed E-state index contributed by atoms with van der Waals surface area (Å²) in [7, 11) is 0. The van der Waals surface area contributed by atoms with Gasteiger partial charge in [-0.15, -0.1) is 0 Å². The number of rotatable bonds is 3. The van der Waals surface area contributed by atoms with Crippen LogP contribution in [-0.4, -0.2) is 23.8 Å². The van der Waals surface area contributed by atoms with Crippen LogP contribution in [0.4, 0.5) is 13.2 Å². The van der Waals surface area contributed by atoms with Gasteiger partial charge in [-0.3, -0.25) is 9.59 Å². The number of hydrogen-bond donors (Lipinski definition) is 2. The summed E-state index contributed by atoms with van der Waals surface area (Å²) in [5, 5.41) is 4.72. The van der Waals surface area contributed by atoms with Crippen LogP contribution in [0.2, 0.25) is 0 Å². The molecule has 2 N–H and O–H groups in total. The molecule has 0 saturated carbocycles. The number of carbonyl (C=O) groups is 2. The fraction of sp³-hybridized carbons (Fsp3) is 0.385. The van der Waals surface area contributed by atoms with E-state index in [1.165, 1.54) is 24.3 Å². The van der Waals surface area contributed by atoms with Crippen LogP contribution in [0.25, 0.3) is 0 Å². The van der Waals surface area contributed by atoms with Gasteiger partial charge in [-0.25, -0.2) is 4.39 Å². The Morgan fingerprint density at radius 3 is 2.50 bits per heavy atom. The standard InChI is InChI=1S/C13H13F3N2O2/c1-13(15,16)12(20)17-9-6-10(19)18-11(9)7-2-4-8(14)5-3-7/h2-5,9,11H,6H2,1H3,(H,17,20)(H,18,19)/t9-,11+/m0/s1. The smallest absolute Gasteiger partial charge is 0.321 e. The lowest BCUT2D eigenvalue weighted by Crippen LogP contribution is -2.45. The van der Waals surface area contributed by atoms with Crippen molar-refractivity contribution in [1.82, 2.24) is 10.6 Å². The Morgan fingerprint density at radius 2 is 1.95 bits per heavy atom. The second-order valence-electron chi connectivity index (χ2n) is 4.77. The van der Waals surface area contributed by atoms with Crippen LogP contribution in [0.15, 0.2) is 24.3 Å². The van der Waals surface area contributed by atoms with Crippen LogP contribution in [0.3, 0.4) is 0 Å². The summed E-state index contributed by atoms with van der Waals surface area (Å²) in [5.41, 5.74) is 0.543. The van der Waals surface area contributed by atoms with Crippen molar-refractivity contribution in [2.45, 2.75) is 31.4 Å². The summed E-state index contributed by atoms with van der Waals surface area (Å²) in [6.07, 6.45) is -0.0934. The number of carbonyl (C=O) groups excluding carboxylic acids is 2. The Labute approximate surface area is 113 Å². The molecule has 1 aromatic carbocycles. The fourth-order valence-corrected chi connectivity index (χ4v) is 2.07. The third-order valence-electron chi connectivity index (χ3n) is 3.07. The average molecular weight is 286 g/mol. The van der Waals surface area contributed by atoms with Crippen molar-refractivity contribution < 1.29 is 22.8 Å². The van der Waals surface area contributed by atoms with E-state index in [0.29, 0.717) is 12.5 Å². The summed E-state index contributed by atoms with van der Waals surface area (Å²) < 4.78 is 38.6. The van der Waals surface area contributed by atoms with Crippen molar-refractivity contribution in [3.05, 3.63) is 35.6 Å². The SMILES string of the molecule is CC(F)(F)C(=O)N[C@H]1CC(=O)N[C@@H]1c1ccc(F)cc1. The van der Waals surface area contributed by atoms with Gasteiger partial charge in [0, 0.05) is 13.3 Å². The minimum Gasteiger partial charge on any atom is -0.347 e. The largest absolute Gasteiger partial charge is 0.347 e. The van der Waals surface area contributed by atoms with Gasteiger partial charge in [-0.05, 0) is 17.7 Å². The van der Waals surface area contributed by atoms with Crippen molar-refractivity contribution in [2.75, 3.05) is 0 Å². The number of amides is 2. The van der Waals surface area contributed by atoms with Crippen molar-refractivity contribution in [2.24, 2.45) is 0 Å². The van der Waals surface area contributed by atoms with E-state index < -0.39 is 29.7 Å². The molecule has 1 saturated heterocycles. The van der Waals surface area contributed by atoms with Crippen LogP contribution in [-0.2, 0) is 9.59 Å². The summed E-state index contributed by atoms with van der Waals surface area (Å²) in [5.74, 6) is -5.76. The maximum Gasteiger partial charge on any atom is 0.321 e. The first-order valence-electron chi connectivity index (χ1n) is 6.01. The van der Waals surface area contributed by atoms with E-state index in [2.05, 4.69) is 10.6 Å². The Balaban J connectivity index is 2.17. The van der Waals surface area contributed by atoms with E-state index in [0.717, 1.165) is 0 Å². The molecule has 0 spiro atoms. The van der Waals surface area contributed by atoms with Gasteiger partial charge < -0.3 is 10.6 Å².